The Bertz CT molecular complexity index is 434. The quantitative estimate of drug-likeness (QED) is 0.839. The summed E-state index contributed by atoms with van der Waals surface area (Å²) in [5.74, 6) is -3.65. The molecule has 0 spiro atoms. The third-order valence-electron chi connectivity index (χ3n) is 3.19. The molecule has 1 fully saturated rings. The van der Waals surface area contributed by atoms with Gasteiger partial charge in [0.25, 0.3) is 0 Å². The Morgan fingerprint density at radius 2 is 2.11 bits per heavy atom. The zero-order valence-corrected chi connectivity index (χ0v) is 10.5. The molecule has 6 nitrogen and oxygen atoms in total. The second-order valence-electron chi connectivity index (χ2n) is 4.38. The molecule has 98 valence electrons. The van der Waals surface area contributed by atoms with Crippen LogP contribution in [-0.2, 0) is 16.1 Å². The van der Waals surface area contributed by atoms with Crippen LogP contribution in [0.3, 0.4) is 0 Å². The molecule has 0 radical (unpaired) electrons. The number of thiazole rings is 1. The Morgan fingerprint density at radius 1 is 1.39 bits per heavy atom. The van der Waals surface area contributed by atoms with E-state index in [2.05, 4.69) is 4.98 Å². The van der Waals surface area contributed by atoms with Crippen LogP contribution >= 0.6 is 11.3 Å². The Balaban J connectivity index is 2.02. The van der Waals surface area contributed by atoms with Crippen LogP contribution in [0.2, 0.25) is 0 Å². The minimum absolute atomic E-state index is 0.282. The maximum Gasteiger partial charge on any atom is 0.308 e. The second-order valence-corrected chi connectivity index (χ2v) is 5.35. The Morgan fingerprint density at radius 3 is 2.67 bits per heavy atom. The van der Waals surface area contributed by atoms with E-state index in [9.17, 15) is 9.59 Å². The number of carbonyl (C=O) groups is 2. The molecule has 2 unspecified atom stereocenters. The molecule has 1 aliphatic heterocycles. The first-order valence-corrected chi connectivity index (χ1v) is 6.51. The highest BCUT2D eigenvalue weighted by Crippen LogP contribution is 2.25. The van der Waals surface area contributed by atoms with Crippen LogP contribution in [0.15, 0.2) is 11.7 Å². The van der Waals surface area contributed by atoms with Crippen molar-refractivity contribution in [3.05, 3.63) is 16.6 Å². The molecule has 2 N–H and O–H groups in total. The largest absolute Gasteiger partial charge is 0.481 e. The number of carboxylic acids is 2. The number of piperidine rings is 1. The van der Waals surface area contributed by atoms with Gasteiger partial charge in [0, 0.05) is 24.2 Å². The van der Waals surface area contributed by atoms with Crippen molar-refractivity contribution < 1.29 is 19.8 Å². The fourth-order valence-corrected chi connectivity index (χ4v) is 2.89. The number of nitrogens with zero attached hydrogens (tertiary/aromatic N) is 2. The van der Waals surface area contributed by atoms with E-state index >= 15 is 0 Å². The lowest BCUT2D eigenvalue weighted by molar-refractivity contribution is -0.157. The predicted molar refractivity (Wildman–Crippen MR) is 64.3 cm³/mol. The molecule has 2 atom stereocenters. The summed E-state index contributed by atoms with van der Waals surface area (Å²) in [5, 5.41) is 18.1. The van der Waals surface area contributed by atoms with Gasteiger partial charge in [0.1, 0.15) is 0 Å². The van der Waals surface area contributed by atoms with Gasteiger partial charge in [-0.2, -0.15) is 0 Å². The van der Waals surface area contributed by atoms with Gasteiger partial charge in [0.05, 0.1) is 17.3 Å². The molecule has 18 heavy (non-hydrogen) atoms. The molecule has 0 bridgehead atoms. The minimum atomic E-state index is -1.03. The number of rotatable bonds is 4. The van der Waals surface area contributed by atoms with Gasteiger partial charge in [-0.3, -0.25) is 19.5 Å². The van der Waals surface area contributed by atoms with Gasteiger partial charge < -0.3 is 10.2 Å². The van der Waals surface area contributed by atoms with Crippen LogP contribution in [0.1, 0.15) is 11.3 Å². The third kappa shape index (κ3) is 2.85. The highest BCUT2D eigenvalue weighted by atomic mass is 32.1. The van der Waals surface area contributed by atoms with Gasteiger partial charge in [0.15, 0.2) is 0 Å². The van der Waals surface area contributed by atoms with Gasteiger partial charge in [-0.05, 0) is 13.0 Å². The van der Waals surface area contributed by atoms with Crippen molar-refractivity contribution in [2.45, 2.75) is 13.0 Å². The Kier molecular flexibility index (Phi) is 3.93. The molecule has 7 heteroatoms. The van der Waals surface area contributed by atoms with Crippen molar-refractivity contribution in [1.82, 2.24) is 9.88 Å². The van der Waals surface area contributed by atoms with Crippen molar-refractivity contribution >= 4 is 23.3 Å². The first-order valence-electron chi connectivity index (χ1n) is 5.63. The Labute approximate surface area is 108 Å². The molecule has 1 saturated heterocycles. The van der Waals surface area contributed by atoms with Gasteiger partial charge in [0.2, 0.25) is 0 Å². The second kappa shape index (κ2) is 5.45. The lowest BCUT2D eigenvalue weighted by Crippen LogP contribution is -2.46. The summed E-state index contributed by atoms with van der Waals surface area (Å²) in [5.41, 5.74) is 1.73. The van der Waals surface area contributed by atoms with Gasteiger partial charge in [-0.1, -0.05) is 0 Å². The molecule has 2 heterocycles. The lowest BCUT2D eigenvalue weighted by atomic mass is 9.85. The van der Waals surface area contributed by atoms with Gasteiger partial charge in [-0.15, -0.1) is 11.3 Å². The number of carboxylic acid groups (broad SMARTS) is 2. The van der Waals surface area contributed by atoms with Crippen molar-refractivity contribution in [1.29, 1.82) is 0 Å². The summed E-state index contributed by atoms with van der Waals surface area (Å²) < 4.78 is 0. The van der Waals surface area contributed by atoms with Crippen molar-refractivity contribution in [2.24, 2.45) is 11.8 Å². The van der Waals surface area contributed by atoms with E-state index in [1.54, 1.807) is 11.7 Å². The van der Waals surface area contributed by atoms with E-state index in [0.717, 1.165) is 4.88 Å². The highest BCUT2D eigenvalue weighted by Gasteiger charge is 2.38. The van der Waals surface area contributed by atoms with Crippen molar-refractivity contribution in [3.8, 4) is 0 Å². The average Bonchev–Trinajstić information content (AvgIpc) is 2.81. The number of hydrogen-bond donors (Lipinski definition) is 2. The summed E-state index contributed by atoms with van der Waals surface area (Å²) in [6.45, 7) is 1.53. The van der Waals surface area contributed by atoms with E-state index in [0.29, 0.717) is 19.5 Å². The maximum absolute atomic E-state index is 11.1. The predicted octanol–water partition coefficient (Wildman–Crippen LogP) is 0.750. The molecule has 0 aliphatic carbocycles. The summed E-state index contributed by atoms with van der Waals surface area (Å²) >= 11 is 1.52. The summed E-state index contributed by atoms with van der Waals surface area (Å²) in [6.07, 6.45) is 2.13. The Hall–Kier alpha value is -1.47. The van der Waals surface area contributed by atoms with Crippen LogP contribution in [0.4, 0.5) is 0 Å². The summed E-state index contributed by atoms with van der Waals surface area (Å²) in [7, 11) is 0. The smallest absolute Gasteiger partial charge is 0.308 e. The van der Waals surface area contributed by atoms with Crippen LogP contribution < -0.4 is 0 Å². The zero-order valence-electron chi connectivity index (χ0n) is 9.65. The standard InChI is InChI=1S/C11H14N2O4S/c14-10(15)8-1-2-13(5-9(8)11(16)17)4-7-3-12-6-18-7/h3,6,8-9H,1-2,4-5H2,(H,14,15)(H,16,17). The van der Waals surface area contributed by atoms with E-state index in [1.807, 2.05) is 4.90 Å². The van der Waals surface area contributed by atoms with Crippen molar-refractivity contribution in [3.63, 3.8) is 0 Å². The summed E-state index contributed by atoms with van der Waals surface area (Å²) in [6, 6.07) is 0. The van der Waals surface area contributed by atoms with Gasteiger partial charge in [-0.25, -0.2) is 0 Å². The summed E-state index contributed by atoms with van der Waals surface area (Å²) in [4.78, 5) is 29.1. The van der Waals surface area contributed by atoms with E-state index in [-0.39, 0.29) is 6.54 Å². The molecular weight excluding hydrogens is 256 g/mol. The third-order valence-corrected chi connectivity index (χ3v) is 3.96. The van der Waals surface area contributed by atoms with Gasteiger partial charge >= 0.3 is 11.9 Å². The maximum atomic E-state index is 11.1. The number of aromatic nitrogens is 1. The van der Waals surface area contributed by atoms with Crippen LogP contribution in [0, 0.1) is 11.8 Å². The molecule has 2 rings (SSSR count). The topological polar surface area (TPSA) is 90.7 Å². The normalized spacial score (nSPS) is 24.9. The SMILES string of the molecule is O=C(O)C1CCN(Cc2cncs2)CC1C(=O)O. The molecule has 1 aliphatic rings. The average molecular weight is 270 g/mol. The fraction of sp³-hybridized carbons (Fsp3) is 0.545. The number of aliphatic carboxylic acids is 2. The highest BCUT2D eigenvalue weighted by molar-refractivity contribution is 7.09. The van der Waals surface area contributed by atoms with E-state index < -0.39 is 23.8 Å². The number of hydrogen-bond acceptors (Lipinski definition) is 5. The lowest BCUT2D eigenvalue weighted by Gasteiger charge is -2.34. The number of likely N-dealkylation sites (tertiary alicyclic amines) is 1. The monoisotopic (exact) mass is 270 g/mol. The molecular formula is C11H14N2O4S. The van der Waals surface area contributed by atoms with Crippen molar-refractivity contribution in [2.75, 3.05) is 13.1 Å². The minimum Gasteiger partial charge on any atom is -0.481 e. The zero-order chi connectivity index (χ0) is 13.1. The van der Waals surface area contributed by atoms with E-state index in [4.69, 9.17) is 10.2 Å². The fourth-order valence-electron chi connectivity index (χ4n) is 2.25. The van der Waals surface area contributed by atoms with Crippen LogP contribution in [0.5, 0.6) is 0 Å². The van der Waals surface area contributed by atoms with Crippen LogP contribution in [-0.4, -0.2) is 45.1 Å². The molecule has 0 amide bonds. The first kappa shape index (κ1) is 13.0. The molecule has 1 aromatic heterocycles. The molecule has 1 aromatic rings. The molecule has 0 aromatic carbocycles. The van der Waals surface area contributed by atoms with E-state index in [1.165, 1.54) is 11.3 Å². The molecule has 0 saturated carbocycles. The van der Waals surface area contributed by atoms with Crippen LogP contribution in [0.25, 0.3) is 0 Å². The first-order chi connectivity index (χ1) is 8.58.